The van der Waals surface area contributed by atoms with Gasteiger partial charge in [0.25, 0.3) is 0 Å². The second-order valence-electron chi connectivity index (χ2n) is 4.96. The molecule has 0 radical (unpaired) electrons. The Bertz CT molecular complexity index is 509. The van der Waals surface area contributed by atoms with E-state index in [1.165, 1.54) is 29.4 Å². The lowest BCUT2D eigenvalue weighted by Gasteiger charge is -2.20. The van der Waals surface area contributed by atoms with Crippen LogP contribution in [0.2, 0.25) is 0 Å². The van der Waals surface area contributed by atoms with Crippen LogP contribution in [0.3, 0.4) is 0 Å². The van der Waals surface area contributed by atoms with Crippen molar-refractivity contribution >= 4 is 15.8 Å². The van der Waals surface area contributed by atoms with Gasteiger partial charge in [-0.2, -0.15) is 0 Å². The number of pyridine rings is 1. The van der Waals surface area contributed by atoms with Crippen molar-refractivity contribution in [2.24, 2.45) is 11.8 Å². The van der Waals surface area contributed by atoms with Crippen molar-refractivity contribution in [3.8, 4) is 0 Å². The molecule has 0 amide bonds. The number of nitrogens with zero attached hydrogens (tertiary/aromatic N) is 2. The first-order valence-electron chi connectivity index (χ1n) is 6.43. The molecule has 1 fully saturated rings. The van der Waals surface area contributed by atoms with E-state index in [0.717, 1.165) is 12.8 Å². The highest BCUT2D eigenvalue weighted by Gasteiger charge is 2.25. The molecule has 0 bridgehead atoms. The Kier molecular flexibility index (Phi) is 4.38. The molecule has 6 nitrogen and oxygen atoms in total. The van der Waals surface area contributed by atoms with Crippen LogP contribution in [0.25, 0.3) is 0 Å². The highest BCUT2D eigenvalue weighted by molar-refractivity contribution is 7.89. The van der Waals surface area contributed by atoms with E-state index in [4.69, 9.17) is 5.84 Å². The maximum atomic E-state index is 12.4. The van der Waals surface area contributed by atoms with E-state index in [2.05, 4.69) is 10.4 Å². The lowest BCUT2D eigenvalue weighted by molar-refractivity contribution is 0.387. The third-order valence-electron chi connectivity index (χ3n) is 3.58. The Morgan fingerprint density at radius 3 is 2.63 bits per heavy atom. The summed E-state index contributed by atoms with van der Waals surface area (Å²) in [5, 5.41) is 0. The summed E-state index contributed by atoms with van der Waals surface area (Å²) < 4.78 is 26.1. The van der Waals surface area contributed by atoms with Gasteiger partial charge in [-0.05, 0) is 30.9 Å². The number of hydrazine groups is 1. The fraction of sp³-hybridized carbons (Fsp3) is 0.583. The van der Waals surface area contributed by atoms with E-state index < -0.39 is 10.0 Å². The molecule has 2 rings (SSSR count). The van der Waals surface area contributed by atoms with Gasteiger partial charge in [0, 0.05) is 19.8 Å². The van der Waals surface area contributed by atoms with Crippen molar-refractivity contribution in [1.82, 2.24) is 9.29 Å². The topological polar surface area (TPSA) is 88.3 Å². The number of aromatic nitrogens is 1. The minimum atomic E-state index is -3.45. The normalized spacial score (nSPS) is 17.0. The number of rotatable bonds is 5. The predicted octanol–water partition coefficient (Wildman–Crippen LogP) is 1.18. The molecule has 0 atom stereocenters. The molecular weight excluding hydrogens is 264 g/mol. The minimum absolute atomic E-state index is 0.201. The van der Waals surface area contributed by atoms with Crippen molar-refractivity contribution in [1.29, 1.82) is 0 Å². The van der Waals surface area contributed by atoms with Crippen LogP contribution in [0.1, 0.15) is 25.7 Å². The van der Waals surface area contributed by atoms with E-state index in [-0.39, 0.29) is 4.90 Å². The molecule has 106 valence electrons. The Morgan fingerprint density at radius 1 is 1.42 bits per heavy atom. The summed E-state index contributed by atoms with van der Waals surface area (Å²) in [6.45, 7) is 0.583. The Hall–Kier alpha value is -1.18. The zero-order valence-electron chi connectivity index (χ0n) is 11.0. The molecule has 0 aromatic carbocycles. The van der Waals surface area contributed by atoms with E-state index in [1.807, 2.05) is 0 Å². The van der Waals surface area contributed by atoms with Crippen LogP contribution >= 0.6 is 0 Å². The first-order valence-corrected chi connectivity index (χ1v) is 7.87. The highest BCUT2D eigenvalue weighted by atomic mass is 32.2. The van der Waals surface area contributed by atoms with Gasteiger partial charge >= 0.3 is 0 Å². The van der Waals surface area contributed by atoms with Crippen LogP contribution in [-0.2, 0) is 10.0 Å². The molecular formula is C12H20N4O2S. The molecule has 19 heavy (non-hydrogen) atoms. The van der Waals surface area contributed by atoms with Crippen molar-refractivity contribution in [3.05, 3.63) is 18.3 Å². The van der Waals surface area contributed by atoms with Crippen molar-refractivity contribution < 1.29 is 8.42 Å². The molecule has 3 N–H and O–H groups in total. The number of hydrogen-bond donors (Lipinski definition) is 2. The fourth-order valence-corrected chi connectivity index (χ4v) is 3.65. The summed E-state index contributed by atoms with van der Waals surface area (Å²) in [7, 11) is -1.82. The van der Waals surface area contributed by atoms with E-state index in [1.54, 1.807) is 13.1 Å². The zero-order chi connectivity index (χ0) is 13.9. The van der Waals surface area contributed by atoms with E-state index in [0.29, 0.717) is 18.3 Å². The molecule has 1 aromatic heterocycles. The molecule has 1 heterocycles. The maximum Gasteiger partial charge on any atom is 0.244 e. The summed E-state index contributed by atoms with van der Waals surface area (Å²) >= 11 is 0. The minimum Gasteiger partial charge on any atom is -0.308 e. The second-order valence-corrected chi connectivity index (χ2v) is 7.00. The van der Waals surface area contributed by atoms with Gasteiger partial charge < -0.3 is 5.43 Å². The number of nitrogens with two attached hydrogens (primary N) is 1. The third kappa shape index (κ3) is 3.23. The van der Waals surface area contributed by atoms with Gasteiger partial charge in [0.1, 0.15) is 10.7 Å². The summed E-state index contributed by atoms with van der Waals surface area (Å²) in [6.07, 6.45) is 5.98. The average Bonchev–Trinajstić information content (AvgIpc) is 2.91. The monoisotopic (exact) mass is 284 g/mol. The SMILES string of the molecule is CN(CC1CCCC1)S(=O)(=O)c1ccc(NN)nc1. The maximum absolute atomic E-state index is 12.4. The van der Waals surface area contributed by atoms with Crippen molar-refractivity contribution in [2.45, 2.75) is 30.6 Å². The van der Waals surface area contributed by atoms with Crippen molar-refractivity contribution in [2.75, 3.05) is 19.0 Å². The molecule has 1 aliphatic rings. The smallest absolute Gasteiger partial charge is 0.244 e. The number of nitrogens with one attached hydrogen (secondary N) is 1. The summed E-state index contributed by atoms with van der Waals surface area (Å²) in [5.41, 5.74) is 2.37. The summed E-state index contributed by atoms with van der Waals surface area (Å²) in [6, 6.07) is 3.07. The van der Waals surface area contributed by atoms with Gasteiger partial charge in [0.15, 0.2) is 0 Å². The Morgan fingerprint density at radius 2 is 2.11 bits per heavy atom. The molecule has 7 heteroatoms. The van der Waals surface area contributed by atoms with Gasteiger partial charge in [-0.15, -0.1) is 0 Å². The number of nitrogen functional groups attached to an aromatic ring is 1. The molecule has 0 unspecified atom stereocenters. The van der Waals surface area contributed by atoms with Crippen LogP contribution in [0.4, 0.5) is 5.82 Å². The van der Waals surface area contributed by atoms with Crippen LogP contribution in [0.15, 0.2) is 23.2 Å². The second kappa shape index (κ2) is 5.85. The molecule has 0 saturated heterocycles. The van der Waals surface area contributed by atoms with Crippen LogP contribution in [0, 0.1) is 5.92 Å². The molecule has 0 spiro atoms. The standard InChI is InChI=1S/C12H20N4O2S/c1-16(9-10-4-2-3-5-10)19(17,18)11-6-7-12(15-13)14-8-11/h6-8,10H,2-5,9,13H2,1H3,(H,14,15). The van der Waals surface area contributed by atoms with Gasteiger partial charge in [0.05, 0.1) is 0 Å². The number of sulfonamides is 1. The molecule has 1 saturated carbocycles. The molecule has 0 aliphatic heterocycles. The highest BCUT2D eigenvalue weighted by Crippen LogP contribution is 2.27. The fourth-order valence-electron chi connectivity index (χ4n) is 2.45. The van der Waals surface area contributed by atoms with Gasteiger partial charge in [-0.1, -0.05) is 12.8 Å². The van der Waals surface area contributed by atoms with Crippen LogP contribution < -0.4 is 11.3 Å². The number of anilines is 1. The van der Waals surface area contributed by atoms with Crippen molar-refractivity contribution in [3.63, 3.8) is 0 Å². The van der Waals surface area contributed by atoms with E-state index >= 15 is 0 Å². The number of hydrogen-bond acceptors (Lipinski definition) is 5. The first kappa shape index (κ1) is 14.2. The summed E-state index contributed by atoms with van der Waals surface area (Å²) in [5.74, 6) is 6.13. The Labute approximate surface area is 114 Å². The quantitative estimate of drug-likeness (QED) is 0.626. The zero-order valence-corrected chi connectivity index (χ0v) is 11.9. The predicted molar refractivity (Wildman–Crippen MR) is 73.8 cm³/mol. The first-order chi connectivity index (χ1) is 9.04. The van der Waals surface area contributed by atoms with E-state index in [9.17, 15) is 8.42 Å². The lowest BCUT2D eigenvalue weighted by Crippen LogP contribution is -2.31. The Balaban J connectivity index is 2.10. The average molecular weight is 284 g/mol. The van der Waals surface area contributed by atoms with Crippen LogP contribution in [0.5, 0.6) is 0 Å². The van der Waals surface area contributed by atoms with Gasteiger partial charge in [0.2, 0.25) is 10.0 Å². The van der Waals surface area contributed by atoms with Gasteiger partial charge in [-0.3, -0.25) is 0 Å². The lowest BCUT2D eigenvalue weighted by atomic mass is 10.1. The third-order valence-corrected chi connectivity index (χ3v) is 5.39. The van der Waals surface area contributed by atoms with Gasteiger partial charge in [-0.25, -0.2) is 23.5 Å². The van der Waals surface area contributed by atoms with Crippen LogP contribution in [-0.4, -0.2) is 31.3 Å². The summed E-state index contributed by atoms with van der Waals surface area (Å²) in [4.78, 5) is 4.14. The molecule has 1 aliphatic carbocycles. The largest absolute Gasteiger partial charge is 0.308 e. The molecule has 1 aromatic rings.